The standard InChI is InChI=1S/C37H60N2O3/c1-8-42-36(40)23-16-24-39-26-34(30(6)7)35(27-39)37(41)31-19-15-22-33(25-31)38-32(20-13-9-11-17-28(2)3)21-14-10-12-18-29(4)5/h15,19,22,25-30,32,38H,8-14,16-18,20-21,23-24H2,1-7H3. The number of ketones is 1. The monoisotopic (exact) mass is 580 g/mol. The topological polar surface area (TPSA) is 60.3 Å². The molecule has 0 aliphatic rings. The van der Waals surface area contributed by atoms with Crippen LogP contribution in [0.3, 0.4) is 0 Å². The van der Waals surface area contributed by atoms with Crippen molar-refractivity contribution in [3.63, 3.8) is 0 Å². The number of nitrogens with zero attached hydrogens (tertiary/aromatic N) is 1. The number of rotatable bonds is 22. The Morgan fingerprint density at radius 2 is 1.43 bits per heavy atom. The molecule has 42 heavy (non-hydrogen) atoms. The predicted molar refractivity (Wildman–Crippen MR) is 178 cm³/mol. The van der Waals surface area contributed by atoms with Gasteiger partial charge >= 0.3 is 5.97 Å². The van der Waals surface area contributed by atoms with Crippen molar-refractivity contribution in [2.45, 2.75) is 144 Å². The second kappa shape index (κ2) is 19.6. The van der Waals surface area contributed by atoms with Crippen molar-refractivity contribution in [1.82, 2.24) is 4.57 Å². The van der Waals surface area contributed by atoms with Crippen LogP contribution in [0.1, 0.15) is 153 Å². The maximum Gasteiger partial charge on any atom is 0.305 e. The van der Waals surface area contributed by atoms with Crippen LogP contribution in [0.5, 0.6) is 0 Å². The van der Waals surface area contributed by atoms with Crippen molar-refractivity contribution in [2.75, 3.05) is 11.9 Å². The minimum absolute atomic E-state index is 0.0606. The van der Waals surface area contributed by atoms with Crippen LogP contribution < -0.4 is 5.32 Å². The fourth-order valence-corrected chi connectivity index (χ4v) is 5.61. The van der Waals surface area contributed by atoms with E-state index in [-0.39, 0.29) is 17.7 Å². The van der Waals surface area contributed by atoms with Crippen LogP contribution in [0, 0.1) is 11.8 Å². The highest BCUT2D eigenvalue weighted by molar-refractivity contribution is 6.10. The zero-order chi connectivity index (χ0) is 30.9. The number of carbonyl (C=O) groups is 2. The van der Waals surface area contributed by atoms with Gasteiger partial charge in [-0.2, -0.15) is 0 Å². The Balaban J connectivity index is 2.09. The molecule has 5 nitrogen and oxygen atoms in total. The van der Waals surface area contributed by atoms with Gasteiger partial charge in [0.15, 0.2) is 5.78 Å². The van der Waals surface area contributed by atoms with E-state index in [0.29, 0.717) is 32.0 Å². The van der Waals surface area contributed by atoms with Gasteiger partial charge in [0.2, 0.25) is 0 Å². The normalized spacial score (nSPS) is 11.7. The molecule has 1 aromatic carbocycles. The van der Waals surface area contributed by atoms with E-state index in [1.54, 1.807) is 0 Å². The summed E-state index contributed by atoms with van der Waals surface area (Å²) in [6.45, 7) is 16.4. The Bertz CT molecular complexity index is 1040. The zero-order valence-corrected chi connectivity index (χ0v) is 27.8. The molecule has 0 saturated heterocycles. The summed E-state index contributed by atoms with van der Waals surface area (Å²) in [7, 11) is 0. The third-order valence-corrected chi connectivity index (χ3v) is 8.04. The van der Waals surface area contributed by atoms with E-state index in [9.17, 15) is 9.59 Å². The zero-order valence-electron chi connectivity index (χ0n) is 27.8. The smallest absolute Gasteiger partial charge is 0.305 e. The molecule has 236 valence electrons. The van der Waals surface area contributed by atoms with Gasteiger partial charge in [0.05, 0.1) is 6.61 Å². The summed E-state index contributed by atoms with van der Waals surface area (Å²) in [5.41, 5.74) is 3.56. The van der Waals surface area contributed by atoms with Crippen LogP contribution in [-0.2, 0) is 16.1 Å². The van der Waals surface area contributed by atoms with Crippen LogP contribution in [0.15, 0.2) is 36.7 Å². The van der Waals surface area contributed by atoms with Crippen LogP contribution in [0.25, 0.3) is 0 Å². The molecule has 0 fully saturated rings. The lowest BCUT2D eigenvalue weighted by Crippen LogP contribution is -2.20. The first-order valence-corrected chi connectivity index (χ1v) is 16.9. The molecule has 0 aliphatic heterocycles. The van der Waals surface area contributed by atoms with Gasteiger partial charge in [-0.05, 0) is 61.6 Å². The summed E-state index contributed by atoms with van der Waals surface area (Å²) < 4.78 is 7.11. The Hall–Kier alpha value is -2.56. The first-order valence-electron chi connectivity index (χ1n) is 16.9. The van der Waals surface area contributed by atoms with Crippen molar-refractivity contribution in [2.24, 2.45) is 11.8 Å². The first-order chi connectivity index (χ1) is 20.1. The molecule has 2 rings (SSSR count). The summed E-state index contributed by atoms with van der Waals surface area (Å²) in [6.07, 6.45) is 17.8. The van der Waals surface area contributed by atoms with Gasteiger partial charge in [-0.3, -0.25) is 9.59 Å². The number of aromatic nitrogens is 1. The highest BCUT2D eigenvalue weighted by Gasteiger charge is 2.19. The number of anilines is 1. The first kappa shape index (κ1) is 35.6. The third kappa shape index (κ3) is 13.6. The van der Waals surface area contributed by atoms with Crippen molar-refractivity contribution < 1.29 is 14.3 Å². The molecule has 0 radical (unpaired) electrons. The lowest BCUT2D eigenvalue weighted by atomic mass is 9.95. The quantitative estimate of drug-likeness (QED) is 0.0855. The highest BCUT2D eigenvalue weighted by atomic mass is 16.5. The Morgan fingerprint density at radius 3 is 2.00 bits per heavy atom. The maximum absolute atomic E-state index is 13.8. The minimum Gasteiger partial charge on any atom is -0.466 e. The van der Waals surface area contributed by atoms with Gasteiger partial charge in [0.25, 0.3) is 0 Å². The molecular formula is C37H60N2O3. The van der Waals surface area contributed by atoms with E-state index in [2.05, 4.69) is 63.7 Å². The second-order valence-electron chi connectivity index (χ2n) is 13.2. The molecule has 0 saturated carbocycles. The van der Waals surface area contributed by atoms with Crippen molar-refractivity contribution in [1.29, 1.82) is 0 Å². The Labute approximate surface area is 257 Å². The van der Waals surface area contributed by atoms with E-state index in [1.165, 1.54) is 64.2 Å². The van der Waals surface area contributed by atoms with E-state index in [4.69, 9.17) is 4.74 Å². The van der Waals surface area contributed by atoms with Crippen LogP contribution >= 0.6 is 0 Å². The number of benzene rings is 1. The number of nitrogens with one attached hydrogen (secondary N) is 1. The average Bonchev–Trinajstić information content (AvgIpc) is 3.36. The molecule has 5 heteroatoms. The van der Waals surface area contributed by atoms with Gasteiger partial charge in [0, 0.05) is 48.2 Å². The van der Waals surface area contributed by atoms with Crippen LogP contribution in [0.4, 0.5) is 5.69 Å². The lowest BCUT2D eigenvalue weighted by Gasteiger charge is -2.21. The number of ether oxygens (including phenoxy) is 1. The van der Waals surface area contributed by atoms with Crippen LogP contribution in [0.2, 0.25) is 0 Å². The SMILES string of the molecule is CCOC(=O)CCCn1cc(C(=O)c2cccc(NC(CCCCCC(C)C)CCCCCC(C)C)c2)c(C(C)C)c1. The summed E-state index contributed by atoms with van der Waals surface area (Å²) >= 11 is 0. The molecule has 0 unspecified atom stereocenters. The summed E-state index contributed by atoms with van der Waals surface area (Å²) in [5, 5.41) is 3.82. The number of hydrogen-bond acceptors (Lipinski definition) is 4. The molecule has 0 bridgehead atoms. The molecular weight excluding hydrogens is 520 g/mol. The molecule has 1 heterocycles. The third-order valence-electron chi connectivity index (χ3n) is 8.04. The number of carbonyl (C=O) groups excluding carboxylic acids is 2. The summed E-state index contributed by atoms with van der Waals surface area (Å²) in [5.74, 6) is 1.67. The Kier molecular flexibility index (Phi) is 16.6. The number of hydrogen-bond donors (Lipinski definition) is 1. The predicted octanol–water partition coefficient (Wildman–Crippen LogP) is 10.2. The van der Waals surface area contributed by atoms with Crippen molar-refractivity contribution in [3.8, 4) is 0 Å². The van der Waals surface area contributed by atoms with Gasteiger partial charge in [-0.1, -0.05) is 105 Å². The summed E-state index contributed by atoms with van der Waals surface area (Å²) in [6, 6.07) is 8.51. The van der Waals surface area contributed by atoms with Gasteiger partial charge in [-0.15, -0.1) is 0 Å². The number of aryl methyl sites for hydroxylation is 1. The fraction of sp³-hybridized carbons (Fsp3) is 0.676. The average molecular weight is 581 g/mol. The molecule has 0 atom stereocenters. The van der Waals surface area contributed by atoms with Crippen LogP contribution in [-0.4, -0.2) is 29.0 Å². The molecule has 0 amide bonds. The number of esters is 1. The van der Waals surface area contributed by atoms with E-state index in [1.807, 2.05) is 31.3 Å². The lowest BCUT2D eigenvalue weighted by molar-refractivity contribution is -0.143. The molecule has 0 spiro atoms. The molecule has 0 aliphatic carbocycles. The minimum atomic E-state index is -0.168. The molecule has 2 aromatic rings. The van der Waals surface area contributed by atoms with E-state index < -0.39 is 0 Å². The van der Waals surface area contributed by atoms with E-state index >= 15 is 0 Å². The van der Waals surface area contributed by atoms with Gasteiger partial charge in [-0.25, -0.2) is 0 Å². The maximum atomic E-state index is 13.8. The molecule has 1 aromatic heterocycles. The second-order valence-corrected chi connectivity index (χ2v) is 13.2. The van der Waals surface area contributed by atoms with Gasteiger partial charge in [0.1, 0.15) is 0 Å². The van der Waals surface area contributed by atoms with Crippen molar-refractivity contribution >= 4 is 17.4 Å². The summed E-state index contributed by atoms with van der Waals surface area (Å²) in [4.78, 5) is 25.5. The van der Waals surface area contributed by atoms with Crippen molar-refractivity contribution in [3.05, 3.63) is 53.3 Å². The van der Waals surface area contributed by atoms with E-state index in [0.717, 1.165) is 34.2 Å². The Morgan fingerprint density at radius 1 is 0.810 bits per heavy atom. The largest absolute Gasteiger partial charge is 0.466 e. The highest BCUT2D eigenvalue weighted by Crippen LogP contribution is 2.26. The molecule has 1 N–H and O–H groups in total. The number of unbranched alkanes of at least 4 members (excludes halogenated alkanes) is 4. The fourth-order valence-electron chi connectivity index (χ4n) is 5.61. The van der Waals surface area contributed by atoms with Gasteiger partial charge < -0.3 is 14.6 Å².